The zero-order chi connectivity index (χ0) is 18.5. The molecule has 0 radical (unpaired) electrons. The van der Waals surface area contributed by atoms with Gasteiger partial charge in [0, 0.05) is 16.3 Å². The normalized spacial score (nSPS) is 22.5. The van der Waals surface area contributed by atoms with Crippen LogP contribution in [0.15, 0.2) is 5.03 Å². The van der Waals surface area contributed by atoms with Gasteiger partial charge in [0.05, 0.1) is 16.8 Å². The number of aromatic nitrogens is 2. The van der Waals surface area contributed by atoms with Crippen molar-refractivity contribution in [1.29, 1.82) is 0 Å². The van der Waals surface area contributed by atoms with Gasteiger partial charge in [-0.15, -0.1) is 11.3 Å². The third-order valence-electron chi connectivity index (χ3n) is 4.88. The fourth-order valence-corrected chi connectivity index (χ4v) is 7.67. The fraction of sp³-hybridized carbons (Fsp3) is 0.588. The van der Waals surface area contributed by atoms with Crippen molar-refractivity contribution in [3.8, 4) is 0 Å². The third-order valence-corrected chi connectivity index (χ3v) is 8.92. The lowest BCUT2D eigenvalue weighted by Gasteiger charge is -2.16. The van der Waals surface area contributed by atoms with Gasteiger partial charge in [-0.2, -0.15) is 0 Å². The molecule has 1 aliphatic heterocycles. The Balaban J connectivity index is 1.54. The number of nitrogens with one attached hydrogen (secondary N) is 1. The molecule has 0 unspecified atom stereocenters. The summed E-state index contributed by atoms with van der Waals surface area (Å²) in [4.78, 5) is 24.1. The number of amides is 1. The van der Waals surface area contributed by atoms with Crippen LogP contribution >= 0.6 is 23.1 Å². The summed E-state index contributed by atoms with van der Waals surface area (Å²) < 4.78 is 23.1. The van der Waals surface area contributed by atoms with Crippen LogP contribution in [-0.2, 0) is 27.5 Å². The Kier molecular flexibility index (Phi) is 4.73. The summed E-state index contributed by atoms with van der Waals surface area (Å²) in [5.41, 5.74) is 1.35. The minimum atomic E-state index is -3.00. The van der Waals surface area contributed by atoms with Crippen molar-refractivity contribution < 1.29 is 13.2 Å². The average molecular weight is 412 g/mol. The number of carbonyl (C=O) groups is 1. The second kappa shape index (κ2) is 6.76. The maximum absolute atomic E-state index is 12.5. The van der Waals surface area contributed by atoms with Crippen molar-refractivity contribution in [2.45, 2.75) is 55.8 Å². The monoisotopic (exact) mass is 411 g/mol. The molecule has 1 saturated heterocycles. The van der Waals surface area contributed by atoms with Crippen LogP contribution in [0.4, 0.5) is 0 Å². The predicted molar refractivity (Wildman–Crippen MR) is 105 cm³/mol. The molecule has 1 N–H and O–H groups in total. The van der Waals surface area contributed by atoms with Crippen LogP contribution in [-0.4, -0.2) is 47.1 Å². The largest absolute Gasteiger partial charge is 0.351 e. The molecule has 140 valence electrons. The standard InChI is InChI=1S/C17H21N3O3S3/c1-9(15(21)20-11-6-7-26(22,23)8-11)24-16-14-12-4-3-5-13(12)25-17(14)19-10(2)18-16/h9,11H,3-8H2,1-2H3,(H,20,21)/t9-,11+/m0/s1. The third kappa shape index (κ3) is 3.48. The summed E-state index contributed by atoms with van der Waals surface area (Å²) in [6, 6.07) is -0.270. The molecular weight excluding hydrogens is 390 g/mol. The van der Waals surface area contributed by atoms with Gasteiger partial charge in [-0.1, -0.05) is 11.8 Å². The minimum absolute atomic E-state index is 0.0467. The summed E-state index contributed by atoms with van der Waals surface area (Å²) in [7, 11) is -3.00. The van der Waals surface area contributed by atoms with E-state index in [1.165, 1.54) is 28.6 Å². The molecule has 6 nitrogen and oxygen atoms in total. The first-order chi connectivity index (χ1) is 12.3. The summed E-state index contributed by atoms with van der Waals surface area (Å²) in [5.74, 6) is 0.792. The van der Waals surface area contributed by atoms with E-state index in [1.54, 1.807) is 11.3 Å². The number of hydrogen-bond acceptors (Lipinski definition) is 7. The molecule has 2 aromatic rings. The number of rotatable bonds is 4. The quantitative estimate of drug-likeness (QED) is 0.613. The highest BCUT2D eigenvalue weighted by atomic mass is 32.2. The predicted octanol–water partition coefficient (Wildman–Crippen LogP) is 2.27. The van der Waals surface area contributed by atoms with Gasteiger partial charge >= 0.3 is 0 Å². The van der Waals surface area contributed by atoms with E-state index in [9.17, 15) is 13.2 Å². The molecule has 4 rings (SSSR count). The molecule has 3 heterocycles. The van der Waals surface area contributed by atoms with Crippen molar-refractivity contribution in [3.63, 3.8) is 0 Å². The van der Waals surface area contributed by atoms with Gasteiger partial charge in [-0.3, -0.25) is 4.79 Å². The Morgan fingerprint density at radius 1 is 1.35 bits per heavy atom. The molecule has 1 amide bonds. The lowest BCUT2D eigenvalue weighted by Crippen LogP contribution is -2.39. The van der Waals surface area contributed by atoms with E-state index in [2.05, 4.69) is 15.3 Å². The second-order valence-corrected chi connectivity index (χ2v) is 11.6. The van der Waals surface area contributed by atoms with Gasteiger partial charge in [0.15, 0.2) is 9.84 Å². The molecule has 1 aliphatic carbocycles. The van der Waals surface area contributed by atoms with Gasteiger partial charge in [0.25, 0.3) is 0 Å². The number of nitrogens with zero attached hydrogens (tertiary/aromatic N) is 2. The molecular formula is C17H21N3O3S3. The maximum atomic E-state index is 12.5. The molecule has 9 heteroatoms. The van der Waals surface area contributed by atoms with Crippen molar-refractivity contribution in [1.82, 2.24) is 15.3 Å². The molecule has 2 aliphatic rings. The summed E-state index contributed by atoms with van der Waals surface area (Å²) in [6.07, 6.45) is 3.82. The number of fused-ring (bicyclic) bond motifs is 3. The highest BCUT2D eigenvalue weighted by Gasteiger charge is 2.31. The van der Waals surface area contributed by atoms with Crippen molar-refractivity contribution >= 4 is 49.1 Å². The zero-order valence-electron chi connectivity index (χ0n) is 14.7. The number of thiophene rings is 1. The van der Waals surface area contributed by atoms with E-state index in [-0.39, 0.29) is 28.7 Å². The van der Waals surface area contributed by atoms with Gasteiger partial charge in [-0.25, -0.2) is 18.4 Å². The summed E-state index contributed by atoms with van der Waals surface area (Å²) in [5, 5.41) is 4.52. The first kappa shape index (κ1) is 18.2. The molecule has 2 aromatic heterocycles. The van der Waals surface area contributed by atoms with Crippen LogP contribution < -0.4 is 5.32 Å². The van der Waals surface area contributed by atoms with E-state index < -0.39 is 9.84 Å². The Morgan fingerprint density at radius 2 is 2.15 bits per heavy atom. The molecule has 26 heavy (non-hydrogen) atoms. The van der Waals surface area contributed by atoms with Gasteiger partial charge in [-0.05, 0) is 45.1 Å². The molecule has 0 saturated carbocycles. The molecule has 0 spiro atoms. The number of carbonyl (C=O) groups excluding carboxylic acids is 1. The van der Waals surface area contributed by atoms with Crippen LogP contribution in [0.25, 0.3) is 10.2 Å². The minimum Gasteiger partial charge on any atom is -0.351 e. The van der Waals surface area contributed by atoms with Gasteiger partial charge < -0.3 is 5.32 Å². The van der Waals surface area contributed by atoms with Crippen LogP contribution in [0.5, 0.6) is 0 Å². The van der Waals surface area contributed by atoms with Crippen LogP contribution in [0.1, 0.15) is 36.0 Å². The first-order valence-corrected chi connectivity index (χ1v) is 12.3. The maximum Gasteiger partial charge on any atom is 0.233 e. The second-order valence-electron chi connectivity index (χ2n) is 6.98. The molecule has 0 bridgehead atoms. The summed E-state index contributed by atoms with van der Waals surface area (Å²) >= 11 is 3.19. The molecule has 0 aromatic carbocycles. The Bertz CT molecular complexity index is 984. The Hall–Kier alpha value is -1.19. The van der Waals surface area contributed by atoms with E-state index in [1.807, 2.05) is 13.8 Å². The van der Waals surface area contributed by atoms with Crippen molar-refractivity contribution in [2.24, 2.45) is 0 Å². The highest BCUT2D eigenvalue weighted by molar-refractivity contribution is 8.00. The number of hydrogen-bond donors (Lipinski definition) is 1. The van der Waals surface area contributed by atoms with Crippen LogP contribution in [0.2, 0.25) is 0 Å². The van der Waals surface area contributed by atoms with E-state index in [0.29, 0.717) is 6.42 Å². The Labute approximate surface area is 161 Å². The molecule has 1 fully saturated rings. The lowest BCUT2D eigenvalue weighted by atomic mass is 10.2. The van der Waals surface area contributed by atoms with Crippen LogP contribution in [0.3, 0.4) is 0 Å². The van der Waals surface area contributed by atoms with Crippen molar-refractivity contribution in [2.75, 3.05) is 11.5 Å². The Morgan fingerprint density at radius 3 is 2.88 bits per heavy atom. The first-order valence-electron chi connectivity index (χ1n) is 8.79. The highest BCUT2D eigenvalue weighted by Crippen LogP contribution is 2.41. The number of sulfone groups is 1. The van der Waals surface area contributed by atoms with Gasteiger partial charge in [0.1, 0.15) is 15.7 Å². The number of aryl methyl sites for hydroxylation is 3. The SMILES string of the molecule is Cc1nc(S[C@@H](C)C(=O)N[C@@H]2CCS(=O)(=O)C2)c2c3c(sc2n1)CCC3. The lowest BCUT2D eigenvalue weighted by molar-refractivity contribution is -0.120. The van der Waals surface area contributed by atoms with Crippen molar-refractivity contribution in [3.05, 3.63) is 16.3 Å². The fourth-order valence-electron chi connectivity index (χ4n) is 3.60. The zero-order valence-corrected chi connectivity index (χ0v) is 17.2. The smallest absolute Gasteiger partial charge is 0.233 e. The van der Waals surface area contributed by atoms with Crippen LogP contribution in [0, 0.1) is 6.92 Å². The van der Waals surface area contributed by atoms with E-state index >= 15 is 0 Å². The molecule has 2 atom stereocenters. The van der Waals surface area contributed by atoms with Gasteiger partial charge in [0.2, 0.25) is 5.91 Å². The number of thioether (sulfide) groups is 1. The van der Waals surface area contributed by atoms with E-state index in [4.69, 9.17) is 0 Å². The summed E-state index contributed by atoms with van der Waals surface area (Å²) in [6.45, 7) is 3.72. The van der Waals surface area contributed by atoms with E-state index in [0.717, 1.165) is 33.9 Å². The topological polar surface area (TPSA) is 89.0 Å². The average Bonchev–Trinajstić information content (AvgIpc) is 3.20.